The zero-order valence-corrected chi connectivity index (χ0v) is 15.0. The van der Waals surface area contributed by atoms with E-state index in [1.807, 2.05) is 37.3 Å². The highest BCUT2D eigenvalue weighted by molar-refractivity contribution is 7.80. The third kappa shape index (κ3) is 4.78. The molecule has 0 unspecified atom stereocenters. The minimum Gasteiger partial charge on any atom is -0.332 e. The van der Waals surface area contributed by atoms with Crippen LogP contribution in [0.5, 0.6) is 0 Å². The smallest absolute Gasteiger partial charge is 0.176 e. The van der Waals surface area contributed by atoms with Crippen LogP contribution in [0.3, 0.4) is 0 Å². The number of hydrogen-bond acceptors (Lipinski definition) is 2. The number of aromatic nitrogens is 2. The molecular weight excluding hydrogens is 359 g/mol. The van der Waals surface area contributed by atoms with E-state index in [4.69, 9.17) is 23.8 Å². The molecule has 0 radical (unpaired) electrons. The number of nitrogens with one attached hydrogen (secondary N) is 2. The largest absolute Gasteiger partial charge is 0.332 e. The Kier molecular flexibility index (Phi) is 5.31. The lowest BCUT2D eigenvalue weighted by atomic mass is 10.2. The zero-order valence-electron chi connectivity index (χ0n) is 13.5. The van der Waals surface area contributed by atoms with Crippen molar-refractivity contribution in [3.63, 3.8) is 0 Å². The van der Waals surface area contributed by atoms with Crippen molar-refractivity contribution >= 4 is 40.4 Å². The second kappa shape index (κ2) is 7.63. The number of thiocarbonyl (C=S) groups is 1. The van der Waals surface area contributed by atoms with Crippen molar-refractivity contribution in [2.45, 2.75) is 13.5 Å². The molecule has 7 heteroatoms. The van der Waals surface area contributed by atoms with E-state index in [0.29, 0.717) is 22.5 Å². The molecule has 0 saturated heterocycles. The Morgan fingerprint density at radius 1 is 1.20 bits per heavy atom. The van der Waals surface area contributed by atoms with Crippen LogP contribution in [0.2, 0.25) is 5.02 Å². The first-order chi connectivity index (χ1) is 12.0. The van der Waals surface area contributed by atoms with Gasteiger partial charge in [0, 0.05) is 23.0 Å². The van der Waals surface area contributed by atoms with E-state index in [0.717, 1.165) is 16.8 Å². The maximum atomic E-state index is 13.1. The number of aryl methyl sites for hydroxylation is 1. The molecule has 0 aliphatic rings. The predicted molar refractivity (Wildman–Crippen MR) is 104 cm³/mol. The van der Waals surface area contributed by atoms with Crippen molar-refractivity contribution in [1.82, 2.24) is 9.78 Å². The number of nitrogens with zero attached hydrogens (tertiary/aromatic N) is 2. The summed E-state index contributed by atoms with van der Waals surface area (Å²) in [5, 5.41) is 11.4. The third-order valence-corrected chi connectivity index (χ3v) is 4.06. The maximum absolute atomic E-state index is 13.1. The van der Waals surface area contributed by atoms with Crippen LogP contribution < -0.4 is 10.6 Å². The number of rotatable bonds is 4. The number of benzene rings is 2. The van der Waals surface area contributed by atoms with Gasteiger partial charge in [-0.3, -0.25) is 4.68 Å². The molecule has 0 amide bonds. The van der Waals surface area contributed by atoms with Gasteiger partial charge in [-0.25, -0.2) is 4.39 Å². The molecule has 3 aromatic rings. The Bertz CT molecular complexity index is 910. The molecule has 4 nitrogen and oxygen atoms in total. The van der Waals surface area contributed by atoms with E-state index in [1.165, 1.54) is 12.1 Å². The van der Waals surface area contributed by atoms with Crippen molar-refractivity contribution in [3.05, 3.63) is 76.7 Å². The van der Waals surface area contributed by atoms with Gasteiger partial charge in [-0.2, -0.15) is 5.10 Å². The van der Waals surface area contributed by atoms with Gasteiger partial charge in [0.15, 0.2) is 10.9 Å². The van der Waals surface area contributed by atoms with E-state index >= 15 is 0 Å². The van der Waals surface area contributed by atoms with Gasteiger partial charge in [0.2, 0.25) is 0 Å². The minimum absolute atomic E-state index is 0.357. The lowest BCUT2D eigenvalue weighted by Gasteiger charge is -2.09. The molecule has 0 bridgehead atoms. The van der Waals surface area contributed by atoms with E-state index < -0.39 is 0 Å². The van der Waals surface area contributed by atoms with Crippen LogP contribution in [0.15, 0.2) is 54.7 Å². The van der Waals surface area contributed by atoms with Crippen LogP contribution in [-0.4, -0.2) is 14.9 Å². The average Bonchev–Trinajstić information content (AvgIpc) is 2.97. The summed E-state index contributed by atoms with van der Waals surface area (Å²) in [6, 6.07) is 14.0. The molecule has 0 spiro atoms. The third-order valence-electron chi connectivity index (χ3n) is 3.51. The van der Waals surface area contributed by atoms with Crippen LogP contribution >= 0.6 is 23.8 Å². The maximum Gasteiger partial charge on any atom is 0.176 e. The summed E-state index contributed by atoms with van der Waals surface area (Å²) >= 11 is 11.3. The molecule has 1 heterocycles. The fourth-order valence-electron chi connectivity index (χ4n) is 2.34. The molecule has 0 fully saturated rings. The summed E-state index contributed by atoms with van der Waals surface area (Å²) in [7, 11) is 0. The summed E-state index contributed by atoms with van der Waals surface area (Å²) in [5.74, 6) is 0.257. The van der Waals surface area contributed by atoms with E-state index in [9.17, 15) is 4.39 Å². The molecule has 0 aliphatic carbocycles. The molecule has 2 aromatic carbocycles. The van der Waals surface area contributed by atoms with Gasteiger partial charge in [0.05, 0.1) is 6.54 Å². The molecule has 0 atom stereocenters. The summed E-state index contributed by atoms with van der Waals surface area (Å²) in [4.78, 5) is 0. The summed E-state index contributed by atoms with van der Waals surface area (Å²) in [6.45, 7) is 2.46. The van der Waals surface area contributed by atoms with Crippen LogP contribution in [0.25, 0.3) is 0 Å². The highest BCUT2D eigenvalue weighted by Crippen LogP contribution is 2.18. The van der Waals surface area contributed by atoms with Crippen LogP contribution in [-0.2, 0) is 6.54 Å². The number of halogens is 2. The van der Waals surface area contributed by atoms with Crippen LogP contribution in [0.4, 0.5) is 15.9 Å². The van der Waals surface area contributed by atoms with Crippen molar-refractivity contribution < 1.29 is 4.39 Å². The van der Waals surface area contributed by atoms with Gasteiger partial charge >= 0.3 is 0 Å². The van der Waals surface area contributed by atoms with Gasteiger partial charge < -0.3 is 10.6 Å². The highest BCUT2D eigenvalue weighted by Gasteiger charge is 2.06. The zero-order chi connectivity index (χ0) is 17.8. The van der Waals surface area contributed by atoms with Gasteiger partial charge in [-0.1, -0.05) is 29.8 Å². The fourth-order valence-corrected chi connectivity index (χ4v) is 2.79. The Labute approximate surface area is 155 Å². The van der Waals surface area contributed by atoms with Gasteiger partial charge in [-0.05, 0) is 54.5 Å². The van der Waals surface area contributed by atoms with E-state index in [-0.39, 0.29) is 5.82 Å². The van der Waals surface area contributed by atoms with Crippen molar-refractivity contribution in [1.29, 1.82) is 0 Å². The first-order valence-electron chi connectivity index (χ1n) is 7.62. The second-order valence-electron chi connectivity index (χ2n) is 5.58. The van der Waals surface area contributed by atoms with Gasteiger partial charge in [-0.15, -0.1) is 0 Å². The monoisotopic (exact) mass is 374 g/mol. The predicted octanol–water partition coefficient (Wildman–Crippen LogP) is 4.84. The second-order valence-corrected chi connectivity index (χ2v) is 6.40. The van der Waals surface area contributed by atoms with E-state index in [2.05, 4.69) is 15.7 Å². The number of anilines is 2. The lowest BCUT2D eigenvalue weighted by molar-refractivity contribution is 0.624. The fraction of sp³-hybridized carbons (Fsp3) is 0.111. The van der Waals surface area contributed by atoms with Gasteiger partial charge in [0.1, 0.15) is 5.82 Å². The Hall–Kier alpha value is -2.44. The van der Waals surface area contributed by atoms with Crippen molar-refractivity contribution in [2.75, 3.05) is 10.6 Å². The topological polar surface area (TPSA) is 41.9 Å². The molecule has 25 heavy (non-hydrogen) atoms. The SMILES string of the molecule is Cc1cccc(NC(=S)Nc2ccn(Cc3ccc(F)cc3Cl)n2)c1. The molecule has 0 aliphatic heterocycles. The normalized spacial score (nSPS) is 10.5. The molecule has 0 saturated carbocycles. The summed E-state index contributed by atoms with van der Waals surface area (Å²) in [6.07, 6.45) is 1.80. The first-order valence-corrected chi connectivity index (χ1v) is 8.40. The van der Waals surface area contributed by atoms with Crippen LogP contribution in [0.1, 0.15) is 11.1 Å². The number of hydrogen-bond donors (Lipinski definition) is 2. The molecule has 2 N–H and O–H groups in total. The summed E-state index contributed by atoms with van der Waals surface area (Å²) < 4.78 is 14.8. The minimum atomic E-state index is -0.357. The first kappa shape index (κ1) is 17.4. The standard InChI is InChI=1S/C18H16ClFN4S/c1-12-3-2-4-15(9-12)21-18(25)22-17-7-8-24(23-17)11-13-5-6-14(20)10-16(13)19/h2-10H,11H2,1H3,(H2,21,22,23,25). The molecule has 1 aromatic heterocycles. The molecule has 128 valence electrons. The summed E-state index contributed by atoms with van der Waals surface area (Å²) in [5.41, 5.74) is 2.85. The van der Waals surface area contributed by atoms with Crippen molar-refractivity contribution in [2.24, 2.45) is 0 Å². The van der Waals surface area contributed by atoms with Crippen molar-refractivity contribution in [3.8, 4) is 0 Å². The molecular formula is C18H16ClFN4S. The highest BCUT2D eigenvalue weighted by atomic mass is 35.5. The lowest BCUT2D eigenvalue weighted by Crippen LogP contribution is -2.19. The Morgan fingerprint density at radius 2 is 2.04 bits per heavy atom. The van der Waals surface area contributed by atoms with E-state index in [1.54, 1.807) is 16.9 Å². The van der Waals surface area contributed by atoms with Gasteiger partial charge in [0.25, 0.3) is 0 Å². The quantitative estimate of drug-likeness (QED) is 0.641. The average molecular weight is 375 g/mol. The van der Waals surface area contributed by atoms with Crippen LogP contribution in [0, 0.1) is 12.7 Å². The Morgan fingerprint density at radius 3 is 2.80 bits per heavy atom. The molecule has 3 rings (SSSR count). The Balaban J connectivity index is 1.62.